The molecular formula is C20H20N2O7. The molecule has 1 aliphatic rings. The number of nitrogens with zero attached hydrogens (tertiary/aromatic N) is 2. The van der Waals surface area contributed by atoms with Gasteiger partial charge in [-0.05, 0) is 17.7 Å². The van der Waals surface area contributed by atoms with Crippen LogP contribution < -0.4 is 4.74 Å². The molecule has 1 saturated heterocycles. The first-order chi connectivity index (χ1) is 14.0. The van der Waals surface area contributed by atoms with Gasteiger partial charge in [0.25, 0.3) is 5.69 Å². The van der Waals surface area contributed by atoms with Crippen molar-refractivity contribution in [2.45, 2.75) is 19.1 Å². The van der Waals surface area contributed by atoms with Crippen LogP contribution in [0, 0.1) is 10.1 Å². The van der Waals surface area contributed by atoms with Gasteiger partial charge in [-0.2, -0.15) is 0 Å². The highest BCUT2D eigenvalue weighted by Crippen LogP contribution is 2.19. The molecule has 152 valence electrons. The molecule has 1 amide bonds. The lowest BCUT2D eigenvalue weighted by Crippen LogP contribution is -2.30. The lowest BCUT2D eigenvalue weighted by Gasteiger charge is -2.16. The Balaban J connectivity index is 1.39. The van der Waals surface area contributed by atoms with Gasteiger partial charge >= 0.3 is 6.16 Å². The molecule has 0 aliphatic carbocycles. The quantitative estimate of drug-likeness (QED) is 0.220. The number of ether oxygens (including phenoxy) is 3. The van der Waals surface area contributed by atoms with E-state index in [1.54, 1.807) is 4.90 Å². The summed E-state index contributed by atoms with van der Waals surface area (Å²) in [5.74, 6) is -0.00228. The van der Waals surface area contributed by atoms with Gasteiger partial charge in [-0.3, -0.25) is 14.9 Å². The first kappa shape index (κ1) is 20.3. The fraction of sp³-hybridized carbons (Fsp3) is 0.300. The number of hydrogen-bond acceptors (Lipinski definition) is 7. The molecular weight excluding hydrogens is 380 g/mol. The molecule has 0 unspecified atom stereocenters. The van der Waals surface area contributed by atoms with Gasteiger partial charge in [-0.25, -0.2) is 4.79 Å². The molecule has 29 heavy (non-hydrogen) atoms. The van der Waals surface area contributed by atoms with E-state index in [0.717, 1.165) is 5.56 Å². The van der Waals surface area contributed by atoms with Gasteiger partial charge < -0.3 is 19.1 Å². The van der Waals surface area contributed by atoms with Gasteiger partial charge in [0.05, 0.1) is 31.1 Å². The summed E-state index contributed by atoms with van der Waals surface area (Å²) in [5.41, 5.74) is 0.938. The van der Waals surface area contributed by atoms with Crippen LogP contribution in [0.5, 0.6) is 5.75 Å². The van der Waals surface area contributed by atoms with Gasteiger partial charge in [0.15, 0.2) is 0 Å². The smallest absolute Gasteiger partial charge is 0.428 e. The van der Waals surface area contributed by atoms with E-state index in [0.29, 0.717) is 19.8 Å². The number of non-ortho nitro benzene ring substituents is 1. The minimum absolute atomic E-state index is 0.0774. The molecule has 2 aromatic rings. The summed E-state index contributed by atoms with van der Waals surface area (Å²) in [5, 5.41) is 10.6. The molecule has 0 radical (unpaired) electrons. The second-order valence-electron chi connectivity index (χ2n) is 6.42. The van der Waals surface area contributed by atoms with E-state index in [-0.39, 0.29) is 30.3 Å². The number of rotatable bonds is 8. The van der Waals surface area contributed by atoms with E-state index in [9.17, 15) is 19.7 Å². The number of nitro groups is 1. The Morgan fingerprint density at radius 2 is 1.86 bits per heavy atom. The molecule has 9 nitrogen and oxygen atoms in total. The van der Waals surface area contributed by atoms with Crippen LogP contribution in [0.1, 0.15) is 12.0 Å². The van der Waals surface area contributed by atoms with Crippen molar-refractivity contribution in [1.82, 2.24) is 4.90 Å². The van der Waals surface area contributed by atoms with E-state index < -0.39 is 17.2 Å². The van der Waals surface area contributed by atoms with Crippen LogP contribution in [0.25, 0.3) is 0 Å². The largest absolute Gasteiger partial charge is 0.514 e. The first-order valence-electron chi connectivity index (χ1n) is 9.03. The molecule has 0 aromatic heterocycles. The second-order valence-corrected chi connectivity index (χ2v) is 6.42. The van der Waals surface area contributed by atoms with Crippen LogP contribution >= 0.6 is 0 Å². The Hall–Kier alpha value is -3.46. The van der Waals surface area contributed by atoms with Crippen LogP contribution in [0.15, 0.2) is 54.6 Å². The highest BCUT2D eigenvalue weighted by Gasteiger charge is 2.32. The summed E-state index contributed by atoms with van der Waals surface area (Å²) in [6.45, 7) is 1.51. The lowest BCUT2D eigenvalue weighted by molar-refractivity contribution is -0.384. The molecule has 0 saturated carbocycles. The van der Waals surface area contributed by atoms with Crippen molar-refractivity contribution in [3.05, 3.63) is 70.3 Å². The second kappa shape index (κ2) is 9.65. The van der Waals surface area contributed by atoms with Gasteiger partial charge in [0, 0.05) is 18.7 Å². The molecule has 3 rings (SSSR count). The predicted octanol–water partition coefficient (Wildman–Crippen LogP) is 2.93. The molecule has 1 aliphatic heterocycles. The normalized spacial score (nSPS) is 15.9. The fourth-order valence-electron chi connectivity index (χ4n) is 2.86. The van der Waals surface area contributed by atoms with Crippen LogP contribution in [0.3, 0.4) is 0 Å². The molecule has 0 bridgehead atoms. The average Bonchev–Trinajstić information content (AvgIpc) is 3.05. The van der Waals surface area contributed by atoms with Crippen molar-refractivity contribution in [3.8, 4) is 5.75 Å². The number of benzene rings is 2. The van der Waals surface area contributed by atoms with E-state index in [4.69, 9.17) is 14.2 Å². The van der Waals surface area contributed by atoms with E-state index in [1.807, 2.05) is 30.3 Å². The lowest BCUT2D eigenvalue weighted by atomic mass is 10.2. The van der Waals surface area contributed by atoms with Crippen molar-refractivity contribution in [2.75, 3.05) is 19.7 Å². The highest BCUT2D eigenvalue weighted by molar-refractivity contribution is 5.79. The van der Waals surface area contributed by atoms with Crippen molar-refractivity contribution in [2.24, 2.45) is 0 Å². The third-order valence-corrected chi connectivity index (χ3v) is 4.31. The third kappa shape index (κ3) is 6.01. The maximum absolute atomic E-state index is 12.1. The number of carbonyl (C=O) groups excluding carboxylic acids is 2. The molecule has 9 heteroatoms. The van der Waals surface area contributed by atoms with E-state index in [1.165, 1.54) is 24.3 Å². The summed E-state index contributed by atoms with van der Waals surface area (Å²) in [7, 11) is 0. The van der Waals surface area contributed by atoms with Crippen LogP contribution in [0.4, 0.5) is 10.5 Å². The number of likely N-dealkylation sites (tertiary alicyclic amines) is 1. The van der Waals surface area contributed by atoms with Crippen molar-refractivity contribution in [3.63, 3.8) is 0 Å². The first-order valence-corrected chi connectivity index (χ1v) is 9.03. The number of carbonyl (C=O) groups is 2. The minimum atomic E-state index is -0.959. The maximum atomic E-state index is 12.1. The Kier molecular flexibility index (Phi) is 6.75. The van der Waals surface area contributed by atoms with E-state index >= 15 is 0 Å². The van der Waals surface area contributed by atoms with Crippen LogP contribution in [-0.4, -0.2) is 47.7 Å². The monoisotopic (exact) mass is 400 g/mol. The predicted molar refractivity (Wildman–Crippen MR) is 101 cm³/mol. The SMILES string of the molecule is O=C(Oc1ccc([N+](=O)[O-])cc1)O[C@@H]1CC(=O)N(CCOCc2ccccc2)C1. The number of nitro benzene ring substituents is 1. The van der Waals surface area contributed by atoms with Crippen molar-refractivity contribution in [1.29, 1.82) is 0 Å². The summed E-state index contributed by atoms with van der Waals surface area (Å²) >= 11 is 0. The van der Waals surface area contributed by atoms with Crippen molar-refractivity contribution >= 4 is 17.7 Å². The molecule has 1 fully saturated rings. The van der Waals surface area contributed by atoms with E-state index in [2.05, 4.69) is 0 Å². The maximum Gasteiger partial charge on any atom is 0.514 e. The molecule has 0 N–H and O–H groups in total. The van der Waals surface area contributed by atoms with Crippen molar-refractivity contribution < 1.29 is 28.7 Å². The molecule has 1 heterocycles. The molecule has 0 spiro atoms. The zero-order valence-corrected chi connectivity index (χ0v) is 15.6. The summed E-state index contributed by atoms with van der Waals surface area (Å²) in [6.07, 6.45) is -1.49. The Bertz CT molecular complexity index is 855. The Morgan fingerprint density at radius 3 is 2.55 bits per heavy atom. The van der Waals surface area contributed by atoms with Gasteiger partial charge in [0.1, 0.15) is 11.9 Å². The summed E-state index contributed by atoms with van der Waals surface area (Å²) in [6, 6.07) is 14.8. The standard InChI is InChI=1S/C20H20N2O7/c23-19-12-18(13-21(19)10-11-27-14-15-4-2-1-3-5-15)29-20(24)28-17-8-6-16(7-9-17)22(25)26/h1-9,18H,10-14H2/t18-/m1/s1. The zero-order chi connectivity index (χ0) is 20.6. The van der Waals surface area contributed by atoms with Crippen LogP contribution in [0.2, 0.25) is 0 Å². The Morgan fingerprint density at radius 1 is 1.14 bits per heavy atom. The number of hydrogen-bond donors (Lipinski definition) is 0. The van der Waals surface area contributed by atoms with Crippen LogP contribution in [-0.2, 0) is 20.9 Å². The number of amides is 1. The minimum Gasteiger partial charge on any atom is -0.428 e. The summed E-state index contributed by atoms with van der Waals surface area (Å²) < 4.78 is 15.7. The summed E-state index contributed by atoms with van der Waals surface area (Å²) in [4.78, 5) is 35.6. The third-order valence-electron chi connectivity index (χ3n) is 4.31. The highest BCUT2D eigenvalue weighted by atomic mass is 16.7. The van der Waals surface area contributed by atoms with Gasteiger partial charge in [-0.1, -0.05) is 30.3 Å². The van der Waals surface area contributed by atoms with Gasteiger partial charge in [0.2, 0.25) is 5.91 Å². The zero-order valence-electron chi connectivity index (χ0n) is 15.6. The fourth-order valence-corrected chi connectivity index (χ4v) is 2.86. The molecule has 2 aromatic carbocycles. The molecule has 1 atom stereocenters. The topological polar surface area (TPSA) is 108 Å². The Labute approximate surface area is 166 Å². The van der Waals surface area contributed by atoms with Gasteiger partial charge in [-0.15, -0.1) is 0 Å². The average molecular weight is 400 g/mol.